The van der Waals surface area contributed by atoms with Crippen LogP contribution in [0.3, 0.4) is 0 Å². The van der Waals surface area contributed by atoms with E-state index in [0.29, 0.717) is 17.2 Å². The van der Waals surface area contributed by atoms with E-state index in [1.165, 1.54) is 34.6 Å². The van der Waals surface area contributed by atoms with Crippen LogP contribution in [0, 0.1) is 5.92 Å². The van der Waals surface area contributed by atoms with Gasteiger partial charge in [-0.25, -0.2) is 13.2 Å². The normalized spacial score (nSPS) is 11.2. The summed E-state index contributed by atoms with van der Waals surface area (Å²) in [7, 11) is -3.99. The molecule has 4 aromatic rings. The minimum absolute atomic E-state index is 0.0136. The molecule has 0 heterocycles. The van der Waals surface area contributed by atoms with E-state index in [0.717, 1.165) is 0 Å². The van der Waals surface area contributed by atoms with Gasteiger partial charge in [-0.2, -0.15) is 0 Å². The monoisotopic (exact) mass is 517 g/mol. The maximum absolute atomic E-state index is 13.6. The highest BCUT2D eigenvalue weighted by Crippen LogP contribution is 2.31. The third-order valence-corrected chi connectivity index (χ3v) is 7.17. The molecule has 0 atom stereocenters. The number of esters is 1. The van der Waals surface area contributed by atoms with Gasteiger partial charge in [0.1, 0.15) is 28.6 Å². The van der Waals surface area contributed by atoms with Gasteiger partial charge in [-0.3, -0.25) is 4.31 Å². The van der Waals surface area contributed by atoms with Crippen LogP contribution in [0.5, 0.6) is 23.0 Å². The highest BCUT2D eigenvalue weighted by Gasteiger charge is 2.27. The number of rotatable bonds is 9. The second-order valence-corrected chi connectivity index (χ2v) is 10.6. The van der Waals surface area contributed by atoms with Gasteiger partial charge >= 0.3 is 5.97 Å². The van der Waals surface area contributed by atoms with E-state index in [1.807, 2.05) is 32.0 Å². The van der Waals surface area contributed by atoms with Crippen molar-refractivity contribution in [3.8, 4) is 23.0 Å². The second kappa shape index (κ2) is 11.2. The average Bonchev–Trinajstić information content (AvgIpc) is 2.88. The summed E-state index contributed by atoms with van der Waals surface area (Å²) < 4.78 is 39.5. The predicted octanol–water partition coefficient (Wildman–Crippen LogP) is 6.26. The zero-order valence-corrected chi connectivity index (χ0v) is 21.3. The zero-order valence-electron chi connectivity index (χ0n) is 20.4. The number of carbonyl (C=O) groups excluding carboxylic acids is 1. The van der Waals surface area contributed by atoms with Crippen molar-refractivity contribution >= 4 is 21.7 Å². The summed E-state index contributed by atoms with van der Waals surface area (Å²) in [6.45, 7) is 3.95. The van der Waals surface area contributed by atoms with Crippen molar-refractivity contribution in [3.63, 3.8) is 0 Å². The molecule has 0 spiro atoms. The van der Waals surface area contributed by atoms with E-state index >= 15 is 0 Å². The Bertz CT molecular complexity index is 1450. The molecule has 0 saturated carbocycles. The van der Waals surface area contributed by atoms with Crippen LogP contribution in [0.2, 0.25) is 0 Å². The minimum atomic E-state index is -3.99. The quantitative estimate of drug-likeness (QED) is 0.208. The number of para-hydroxylation sites is 2. The number of hydrogen-bond donors (Lipinski definition) is 1. The van der Waals surface area contributed by atoms with Gasteiger partial charge in [0.25, 0.3) is 10.0 Å². The molecule has 0 unspecified atom stereocenters. The van der Waals surface area contributed by atoms with Gasteiger partial charge in [0, 0.05) is 12.6 Å². The standard InChI is InChI=1S/C29H27NO6S/c1-21(2)20-30(22-13-18-27(28(31)19-22)29(32)36-24-11-7-4-8-12-24)37(33,34)26-16-14-25(15-17-26)35-23-9-5-3-6-10-23/h3-19,21,31H,20H2,1-2H3. The van der Waals surface area contributed by atoms with Crippen LogP contribution >= 0.6 is 0 Å². The van der Waals surface area contributed by atoms with Crippen molar-refractivity contribution in [1.82, 2.24) is 0 Å². The molecule has 190 valence electrons. The molecule has 0 fully saturated rings. The highest BCUT2D eigenvalue weighted by atomic mass is 32.2. The topological polar surface area (TPSA) is 93.1 Å². The highest BCUT2D eigenvalue weighted by molar-refractivity contribution is 7.92. The number of carbonyl (C=O) groups is 1. The van der Waals surface area contributed by atoms with Crippen LogP contribution in [-0.4, -0.2) is 26.0 Å². The van der Waals surface area contributed by atoms with Crippen molar-refractivity contribution in [2.75, 3.05) is 10.8 Å². The van der Waals surface area contributed by atoms with Gasteiger partial charge in [-0.1, -0.05) is 50.2 Å². The van der Waals surface area contributed by atoms with Crippen LogP contribution < -0.4 is 13.8 Å². The third kappa shape index (κ3) is 6.29. The molecule has 4 rings (SSSR count). The van der Waals surface area contributed by atoms with Crippen LogP contribution in [0.1, 0.15) is 24.2 Å². The lowest BCUT2D eigenvalue weighted by atomic mass is 10.1. The maximum Gasteiger partial charge on any atom is 0.347 e. The molecule has 0 aliphatic rings. The van der Waals surface area contributed by atoms with Crippen molar-refractivity contribution in [3.05, 3.63) is 109 Å². The largest absolute Gasteiger partial charge is 0.507 e. The molecule has 0 radical (unpaired) electrons. The molecular weight excluding hydrogens is 490 g/mol. The number of ether oxygens (including phenoxy) is 2. The Morgan fingerprint density at radius 3 is 1.95 bits per heavy atom. The number of nitrogens with zero attached hydrogens (tertiary/aromatic N) is 1. The first-order valence-electron chi connectivity index (χ1n) is 11.7. The number of sulfonamides is 1. The lowest BCUT2D eigenvalue weighted by molar-refractivity contribution is 0.0731. The fraction of sp³-hybridized carbons (Fsp3) is 0.138. The number of anilines is 1. The lowest BCUT2D eigenvalue weighted by Crippen LogP contribution is -2.34. The summed E-state index contributed by atoms with van der Waals surface area (Å²) in [6.07, 6.45) is 0. The van der Waals surface area contributed by atoms with Gasteiger partial charge in [0.15, 0.2) is 0 Å². The van der Waals surface area contributed by atoms with E-state index in [4.69, 9.17) is 9.47 Å². The number of aromatic hydroxyl groups is 1. The number of phenols is 1. The Labute approximate surface area is 216 Å². The third-order valence-electron chi connectivity index (χ3n) is 5.36. The van der Waals surface area contributed by atoms with Crippen LogP contribution in [-0.2, 0) is 10.0 Å². The molecule has 0 amide bonds. The number of phenolic OH excluding ortho intramolecular Hbond substituents is 1. The summed E-state index contributed by atoms with van der Waals surface area (Å²) in [5, 5.41) is 10.6. The number of benzene rings is 4. The Balaban J connectivity index is 1.59. The molecule has 0 saturated heterocycles. The smallest absolute Gasteiger partial charge is 0.347 e. The molecule has 0 aromatic heterocycles. The van der Waals surface area contributed by atoms with Crippen LogP contribution in [0.4, 0.5) is 5.69 Å². The van der Waals surface area contributed by atoms with Crippen LogP contribution in [0.25, 0.3) is 0 Å². The number of hydrogen-bond acceptors (Lipinski definition) is 6. The molecule has 0 bridgehead atoms. The van der Waals surface area contributed by atoms with Crippen molar-refractivity contribution in [2.45, 2.75) is 18.7 Å². The fourth-order valence-corrected chi connectivity index (χ4v) is 5.22. The summed E-state index contributed by atoms with van der Waals surface area (Å²) >= 11 is 0. The first kappa shape index (κ1) is 25.8. The van der Waals surface area contributed by atoms with Gasteiger partial charge < -0.3 is 14.6 Å². The van der Waals surface area contributed by atoms with Crippen LogP contribution in [0.15, 0.2) is 108 Å². The SMILES string of the molecule is CC(C)CN(c1ccc(C(=O)Oc2ccccc2)c(O)c1)S(=O)(=O)c1ccc(Oc2ccccc2)cc1. The Morgan fingerprint density at radius 1 is 0.811 bits per heavy atom. The van der Waals surface area contributed by atoms with Gasteiger partial charge in [0.2, 0.25) is 0 Å². The second-order valence-electron chi connectivity index (χ2n) is 8.72. The van der Waals surface area contributed by atoms with Gasteiger partial charge in [-0.15, -0.1) is 0 Å². The van der Waals surface area contributed by atoms with Crippen molar-refractivity contribution in [2.24, 2.45) is 5.92 Å². The average molecular weight is 518 g/mol. The van der Waals surface area contributed by atoms with E-state index in [1.54, 1.807) is 54.6 Å². The molecule has 1 N–H and O–H groups in total. The summed E-state index contributed by atoms with van der Waals surface area (Å²) in [6, 6.07) is 27.9. The molecule has 7 nitrogen and oxygen atoms in total. The molecule has 0 aliphatic carbocycles. The molecule has 4 aromatic carbocycles. The van der Waals surface area contributed by atoms with Crippen molar-refractivity contribution in [1.29, 1.82) is 0 Å². The molecular formula is C29H27NO6S. The Kier molecular flexibility index (Phi) is 7.79. The van der Waals surface area contributed by atoms with Gasteiger partial charge in [-0.05, 0) is 66.6 Å². The molecule has 37 heavy (non-hydrogen) atoms. The molecule has 0 aliphatic heterocycles. The zero-order chi connectivity index (χ0) is 26.4. The van der Waals surface area contributed by atoms with E-state index in [9.17, 15) is 18.3 Å². The lowest BCUT2D eigenvalue weighted by Gasteiger charge is -2.26. The van der Waals surface area contributed by atoms with E-state index in [2.05, 4.69) is 0 Å². The predicted molar refractivity (Wildman–Crippen MR) is 142 cm³/mol. The van der Waals surface area contributed by atoms with Crippen molar-refractivity contribution < 1.29 is 27.8 Å². The van der Waals surface area contributed by atoms with E-state index in [-0.39, 0.29) is 34.4 Å². The van der Waals surface area contributed by atoms with Gasteiger partial charge in [0.05, 0.1) is 10.6 Å². The first-order chi connectivity index (χ1) is 17.7. The minimum Gasteiger partial charge on any atom is -0.507 e. The first-order valence-corrected chi connectivity index (χ1v) is 13.1. The Hall–Kier alpha value is -4.30. The Morgan fingerprint density at radius 2 is 1.38 bits per heavy atom. The van der Waals surface area contributed by atoms with E-state index < -0.39 is 16.0 Å². The maximum atomic E-state index is 13.6. The fourth-order valence-electron chi connectivity index (χ4n) is 3.60. The summed E-state index contributed by atoms with van der Waals surface area (Å²) in [4.78, 5) is 12.6. The summed E-state index contributed by atoms with van der Waals surface area (Å²) in [5.74, 6) is 0.330. The summed E-state index contributed by atoms with van der Waals surface area (Å²) in [5.41, 5.74) is 0.156. The molecule has 8 heteroatoms.